The lowest BCUT2D eigenvalue weighted by Crippen LogP contribution is -2.81. The number of β-lactam (4-membered cyclic amide) rings is 1. The molecular weight excluding hydrogens is 566 g/mol. The Balaban J connectivity index is 1.37. The first kappa shape index (κ1) is 27.6. The molecule has 0 radical (unpaired) electrons. The van der Waals surface area contributed by atoms with Crippen molar-refractivity contribution in [2.75, 3.05) is 24.6 Å². The Morgan fingerprint density at radius 2 is 2.13 bits per heavy atom. The van der Waals surface area contributed by atoms with E-state index in [-0.39, 0.29) is 57.4 Å². The monoisotopic (exact) mass is 595 g/mol. The third-order valence-corrected chi connectivity index (χ3v) is 10.1. The van der Waals surface area contributed by atoms with Gasteiger partial charge in [-0.25, -0.2) is 14.1 Å². The lowest BCUT2D eigenvalue weighted by atomic mass is 9.96. The number of aromatic nitrogens is 3. The predicted octanol–water partition coefficient (Wildman–Crippen LogP) is 0.712. The smallest absolute Gasteiger partial charge is 0.402 e. The summed E-state index contributed by atoms with van der Waals surface area (Å²) in [4.78, 5) is 48.3. The highest BCUT2D eigenvalue weighted by Crippen LogP contribution is 2.47. The number of amides is 2. The molecule has 3 atom stereocenters. The first-order valence-corrected chi connectivity index (χ1v) is 15.2. The summed E-state index contributed by atoms with van der Waals surface area (Å²) in [5.74, 6) is -1.35. The standard InChI is InChI=1S/C23H27N7O6S3/c1-12-13(8-29-11-37-10-15(29)22(34)35)9-38-21-17(20(33)30(12,21)6-7-31)25-19(32)16(18-26-23(24)39-28-18)27-36-14-4-2-3-5-14/h10-11,14,17,21,31H,2-9H2,1H3,(H2-2,24,25,26,28,32,34,35)/p+2/t17?,21-,30?/m0/s1. The van der Waals surface area contributed by atoms with Crippen LogP contribution in [0.1, 0.15) is 48.9 Å². The van der Waals surface area contributed by atoms with E-state index in [0.717, 1.165) is 48.5 Å². The molecule has 4 heterocycles. The number of rotatable bonds is 10. The van der Waals surface area contributed by atoms with Gasteiger partial charge in [0.25, 0.3) is 5.91 Å². The molecule has 1 saturated heterocycles. The van der Waals surface area contributed by atoms with Gasteiger partial charge in [0, 0.05) is 24.2 Å². The number of carboxylic acids is 1. The Morgan fingerprint density at radius 1 is 1.36 bits per heavy atom. The van der Waals surface area contributed by atoms with E-state index in [2.05, 4.69) is 19.8 Å². The number of thiazole rings is 1. The molecule has 2 unspecified atom stereocenters. The molecule has 2 aliphatic heterocycles. The number of nitrogens with one attached hydrogen (secondary N) is 1. The number of nitrogen functional groups attached to an aromatic ring is 1. The SMILES string of the molecule is CC1=C(C[n+]2cscc2C(=O)O)CS[C@H]2C(NC(=O)C(=NOC3CCCC3)c3nsc(N)n3)C(=O)[N+]12CCO. The number of hydrogen-bond acceptors (Lipinski definition) is 12. The number of allylic oxidation sites excluding steroid dienone is 1. The van der Waals surface area contributed by atoms with Crippen molar-refractivity contribution in [1.29, 1.82) is 0 Å². The van der Waals surface area contributed by atoms with Gasteiger partial charge in [-0.2, -0.15) is 13.9 Å². The van der Waals surface area contributed by atoms with Crippen LogP contribution in [0.25, 0.3) is 0 Å². The molecule has 1 saturated carbocycles. The van der Waals surface area contributed by atoms with Gasteiger partial charge in [-0.05, 0) is 25.7 Å². The van der Waals surface area contributed by atoms with Crippen LogP contribution >= 0.6 is 34.6 Å². The van der Waals surface area contributed by atoms with Crippen molar-refractivity contribution in [2.24, 2.45) is 5.16 Å². The second-order valence-electron chi connectivity index (χ2n) is 9.58. The summed E-state index contributed by atoms with van der Waals surface area (Å²) in [7, 11) is 0. The Hall–Kier alpha value is -2.92. The van der Waals surface area contributed by atoms with Gasteiger partial charge in [-0.1, -0.05) is 28.3 Å². The van der Waals surface area contributed by atoms with Crippen molar-refractivity contribution >= 4 is 63.3 Å². The molecule has 2 aromatic heterocycles. The molecule has 0 aromatic carbocycles. The number of fused-ring (bicyclic) bond motifs is 1. The average molecular weight is 596 g/mol. The first-order chi connectivity index (χ1) is 18.8. The molecule has 0 spiro atoms. The molecule has 0 bridgehead atoms. The number of thioether (sulfide) groups is 1. The summed E-state index contributed by atoms with van der Waals surface area (Å²) in [5.41, 5.74) is 9.15. The zero-order valence-corrected chi connectivity index (χ0v) is 23.6. The zero-order chi connectivity index (χ0) is 27.7. The van der Waals surface area contributed by atoms with Crippen LogP contribution in [0.15, 0.2) is 27.3 Å². The van der Waals surface area contributed by atoms with Gasteiger partial charge in [0.15, 0.2) is 17.1 Å². The third-order valence-electron chi connectivity index (χ3n) is 7.38. The van der Waals surface area contributed by atoms with E-state index in [1.807, 2.05) is 6.92 Å². The number of nitrogens with two attached hydrogens (primary N) is 1. The summed E-state index contributed by atoms with van der Waals surface area (Å²) in [6.45, 7) is 2.07. The van der Waals surface area contributed by atoms with Gasteiger partial charge in [0.05, 0.1) is 17.6 Å². The minimum atomic E-state index is -1.02. The Kier molecular flexibility index (Phi) is 8.00. The second kappa shape index (κ2) is 11.3. The number of nitrogens with zero attached hydrogens (tertiary/aromatic N) is 5. The third kappa shape index (κ3) is 5.06. The molecule has 39 heavy (non-hydrogen) atoms. The zero-order valence-electron chi connectivity index (χ0n) is 21.1. The van der Waals surface area contributed by atoms with Gasteiger partial charge < -0.3 is 26.1 Å². The van der Waals surface area contributed by atoms with Crippen molar-refractivity contribution in [2.45, 2.75) is 56.7 Å². The topological polar surface area (TPSA) is 181 Å². The predicted molar refractivity (Wildman–Crippen MR) is 144 cm³/mol. The quantitative estimate of drug-likeness (QED) is 0.100. The molecule has 208 valence electrons. The summed E-state index contributed by atoms with van der Waals surface area (Å²) in [6.07, 6.45) is 3.66. The number of carbonyl (C=O) groups excluding carboxylic acids is 2. The van der Waals surface area contributed by atoms with E-state index in [0.29, 0.717) is 12.3 Å². The number of aliphatic hydroxyl groups is 1. The maximum atomic E-state index is 13.7. The molecule has 16 heteroatoms. The highest BCUT2D eigenvalue weighted by atomic mass is 32.2. The van der Waals surface area contributed by atoms with E-state index in [9.17, 15) is 24.6 Å². The van der Waals surface area contributed by atoms with Crippen LogP contribution in [-0.2, 0) is 21.0 Å². The molecule has 2 amide bonds. The number of aromatic carboxylic acids is 1. The fourth-order valence-corrected chi connectivity index (χ4v) is 8.18. The molecule has 2 fully saturated rings. The minimum absolute atomic E-state index is 0.0348. The van der Waals surface area contributed by atoms with Crippen LogP contribution in [0.2, 0.25) is 0 Å². The minimum Gasteiger partial charge on any atom is -0.473 e. The van der Waals surface area contributed by atoms with Crippen molar-refractivity contribution in [1.82, 2.24) is 14.7 Å². The van der Waals surface area contributed by atoms with E-state index < -0.39 is 17.9 Å². The normalized spacial score (nSPS) is 25.4. The highest BCUT2D eigenvalue weighted by molar-refractivity contribution is 8.00. The Bertz CT molecular complexity index is 1350. The number of anilines is 1. The summed E-state index contributed by atoms with van der Waals surface area (Å²) in [5, 5.41) is 27.6. The average Bonchev–Trinajstić information content (AvgIpc) is 3.68. The van der Waals surface area contributed by atoms with Crippen LogP contribution in [0.5, 0.6) is 0 Å². The molecule has 3 aliphatic rings. The van der Waals surface area contributed by atoms with Gasteiger partial charge in [-0.15, -0.1) is 0 Å². The van der Waals surface area contributed by atoms with Crippen LogP contribution < -0.4 is 15.6 Å². The van der Waals surface area contributed by atoms with Gasteiger partial charge >= 0.3 is 17.6 Å². The lowest BCUT2D eigenvalue weighted by Gasteiger charge is -2.55. The maximum absolute atomic E-state index is 13.7. The molecular formula is C23H29N7O6S3+2. The Morgan fingerprint density at radius 3 is 2.79 bits per heavy atom. The molecule has 5 N–H and O–H groups in total. The van der Waals surface area contributed by atoms with E-state index in [4.69, 9.17) is 10.6 Å². The number of aliphatic hydroxyl groups excluding tert-OH is 1. The van der Waals surface area contributed by atoms with Crippen molar-refractivity contribution in [3.8, 4) is 0 Å². The number of quaternary nitrogens is 1. The number of hydrogen-bond donors (Lipinski definition) is 4. The molecule has 5 rings (SSSR count). The molecule has 13 nitrogen and oxygen atoms in total. The van der Waals surface area contributed by atoms with Gasteiger partial charge in [-0.3, -0.25) is 4.79 Å². The summed E-state index contributed by atoms with van der Waals surface area (Å²) < 4.78 is 5.64. The van der Waals surface area contributed by atoms with Crippen molar-refractivity contribution in [3.63, 3.8) is 0 Å². The first-order valence-electron chi connectivity index (χ1n) is 12.4. The molecule has 2 aromatic rings. The maximum Gasteiger partial charge on any atom is 0.402 e. The number of carbonyl (C=O) groups is 3. The number of oxime groups is 1. The van der Waals surface area contributed by atoms with Crippen molar-refractivity contribution < 1.29 is 38.5 Å². The Labute approximate surface area is 236 Å². The fourth-order valence-electron chi connectivity index (χ4n) is 5.32. The van der Waals surface area contributed by atoms with E-state index in [1.54, 1.807) is 15.5 Å². The van der Waals surface area contributed by atoms with Gasteiger partial charge in [0.1, 0.15) is 18.3 Å². The van der Waals surface area contributed by atoms with Crippen LogP contribution in [-0.4, -0.2) is 84.0 Å². The summed E-state index contributed by atoms with van der Waals surface area (Å²) in [6, 6.07) is -0.832. The van der Waals surface area contributed by atoms with Crippen LogP contribution in [0.4, 0.5) is 5.13 Å². The molecule has 1 aliphatic carbocycles. The van der Waals surface area contributed by atoms with E-state index >= 15 is 0 Å². The van der Waals surface area contributed by atoms with Crippen LogP contribution in [0, 0.1) is 0 Å². The van der Waals surface area contributed by atoms with Gasteiger partial charge in [0.2, 0.25) is 23.1 Å². The summed E-state index contributed by atoms with van der Waals surface area (Å²) >= 11 is 3.70. The van der Waals surface area contributed by atoms with Crippen LogP contribution in [0.3, 0.4) is 0 Å². The van der Waals surface area contributed by atoms with Crippen molar-refractivity contribution in [3.05, 3.63) is 33.7 Å². The lowest BCUT2D eigenvalue weighted by molar-refractivity contribution is -0.859. The fraction of sp³-hybridized carbons (Fsp3) is 0.522. The second-order valence-corrected chi connectivity index (χ2v) is 12.2. The highest BCUT2D eigenvalue weighted by Gasteiger charge is 2.68. The largest absolute Gasteiger partial charge is 0.473 e. The number of carboxylic acid groups (broad SMARTS) is 1. The van der Waals surface area contributed by atoms with E-state index in [1.165, 1.54) is 23.1 Å².